The van der Waals surface area contributed by atoms with Gasteiger partial charge in [0.05, 0.1) is 19.3 Å². The SMILES string of the molecule is COCCOCN(c1noc(C)c1C)S(=O)(=O)c1sc(C)cc1-c1ccc(C(c2ccccc2)n2c(C)n[nH]c2=O)cc1C. The summed E-state index contributed by atoms with van der Waals surface area (Å²) in [6, 6.07) is 17.0. The number of nitrogens with zero attached hydrogens (tertiary/aromatic N) is 4. The molecule has 5 rings (SSSR count). The molecule has 0 fully saturated rings. The maximum atomic E-state index is 14.4. The number of methoxy groups -OCH3 is 1. The van der Waals surface area contributed by atoms with E-state index in [1.54, 1.807) is 32.4 Å². The number of anilines is 1. The Hall–Kier alpha value is -4.04. The first-order valence-corrected chi connectivity index (χ1v) is 16.2. The van der Waals surface area contributed by atoms with Crippen LogP contribution in [0, 0.1) is 34.6 Å². The maximum absolute atomic E-state index is 14.4. The van der Waals surface area contributed by atoms with Crippen LogP contribution in [0.15, 0.2) is 68.1 Å². The minimum atomic E-state index is -4.14. The first-order chi connectivity index (χ1) is 21.0. The van der Waals surface area contributed by atoms with E-state index in [0.717, 1.165) is 31.4 Å². The van der Waals surface area contributed by atoms with E-state index in [1.165, 1.54) is 11.3 Å². The number of ether oxygens (including phenoxy) is 2. The Balaban J connectivity index is 1.59. The van der Waals surface area contributed by atoms with Gasteiger partial charge in [0.1, 0.15) is 22.5 Å². The van der Waals surface area contributed by atoms with E-state index in [9.17, 15) is 13.2 Å². The van der Waals surface area contributed by atoms with Gasteiger partial charge in [0.2, 0.25) is 0 Å². The molecule has 0 saturated heterocycles. The second kappa shape index (κ2) is 12.9. The van der Waals surface area contributed by atoms with Gasteiger partial charge in [-0.1, -0.05) is 53.7 Å². The number of thiophene rings is 1. The summed E-state index contributed by atoms with van der Waals surface area (Å²) in [5, 5.41) is 10.7. The molecule has 1 atom stereocenters. The number of H-pyrrole nitrogens is 1. The summed E-state index contributed by atoms with van der Waals surface area (Å²) in [7, 11) is -2.59. The monoisotopic (exact) mass is 637 g/mol. The van der Waals surface area contributed by atoms with Crippen LogP contribution in [0.3, 0.4) is 0 Å². The van der Waals surface area contributed by atoms with Crippen LogP contribution in [0.4, 0.5) is 5.82 Å². The molecule has 13 heteroatoms. The number of aryl methyl sites for hydroxylation is 4. The summed E-state index contributed by atoms with van der Waals surface area (Å²) in [6.07, 6.45) is 0. The number of rotatable bonds is 12. The highest BCUT2D eigenvalue weighted by Crippen LogP contribution is 2.41. The van der Waals surface area contributed by atoms with E-state index >= 15 is 0 Å². The summed E-state index contributed by atoms with van der Waals surface area (Å²) < 4.78 is 47.7. The van der Waals surface area contributed by atoms with Crippen molar-refractivity contribution in [2.75, 3.05) is 31.4 Å². The fourth-order valence-corrected chi connectivity index (χ4v) is 8.21. The third-order valence-corrected chi connectivity index (χ3v) is 10.7. The molecule has 44 heavy (non-hydrogen) atoms. The molecule has 0 saturated carbocycles. The Morgan fingerprint density at radius 3 is 2.36 bits per heavy atom. The molecular weight excluding hydrogens is 603 g/mol. The highest BCUT2D eigenvalue weighted by molar-refractivity contribution is 7.95. The first kappa shape index (κ1) is 31.4. The van der Waals surface area contributed by atoms with Crippen molar-refractivity contribution in [2.24, 2.45) is 0 Å². The van der Waals surface area contributed by atoms with Crippen molar-refractivity contribution in [3.8, 4) is 11.1 Å². The molecule has 0 spiro atoms. The van der Waals surface area contributed by atoms with Crippen LogP contribution in [0.2, 0.25) is 0 Å². The predicted octanol–water partition coefficient (Wildman–Crippen LogP) is 5.28. The third kappa shape index (κ3) is 6.00. The fraction of sp³-hybridized carbons (Fsp3) is 0.323. The number of hydrogen-bond donors (Lipinski definition) is 1. The topological polar surface area (TPSA) is 133 Å². The van der Waals surface area contributed by atoms with Crippen LogP contribution in [0.5, 0.6) is 0 Å². The van der Waals surface area contributed by atoms with E-state index in [2.05, 4.69) is 15.4 Å². The van der Waals surface area contributed by atoms with Gasteiger partial charge < -0.3 is 14.0 Å². The zero-order chi connectivity index (χ0) is 31.6. The molecule has 0 aliphatic heterocycles. The van der Waals surface area contributed by atoms with Gasteiger partial charge in [-0.15, -0.1) is 11.3 Å². The number of aromatic nitrogens is 4. The molecule has 0 aliphatic rings. The van der Waals surface area contributed by atoms with Gasteiger partial charge in [-0.3, -0.25) is 4.57 Å². The molecule has 0 amide bonds. The quantitative estimate of drug-likeness (QED) is 0.144. The second-order valence-electron chi connectivity index (χ2n) is 10.5. The fourth-order valence-electron chi connectivity index (χ4n) is 5.12. The highest BCUT2D eigenvalue weighted by atomic mass is 32.2. The van der Waals surface area contributed by atoms with Crippen LogP contribution in [0.1, 0.15) is 44.8 Å². The van der Waals surface area contributed by atoms with E-state index in [4.69, 9.17) is 14.0 Å². The van der Waals surface area contributed by atoms with Gasteiger partial charge in [-0.25, -0.2) is 22.6 Å². The van der Waals surface area contributed by atoms with E-state index in [1.807, 2.05) is 68.4 Å². The summed E-state index contributed by atoms with van der Waals surface area (Å²) in [6.45, 7) is 9.35. The molecule has 0 bridgehead atoms. The maximum Gasteiger partial charge on any atom is 0.344 e. The van der Waals surface area contributed by atoms with Crippen LogP contribution in [0.25, 0.3) is 11.1 Å². The van der Waals surface area contributed by atoms with Crippen molar-refractivity contribution in [2.45, 2.75) is 44.9 Å². The average molecular weight is 638 g/mol. The molecule has 5 aromatic rings. The van der Waals surface area contributed by atoms with Crippen LogP contribution in [-0.2, 0) is 19.5 Å². The summed E-state index contributed by atoms with van der Waals surface area (Å²) in [5.41, 5.74) is 4.26. The number of benzene rings is 2. The Morgan fingerprint density at radius 2 is 1.75 bits per heavy atom. The van der Waals surface area contributed by atoms with E-state index < -0.39 is 16.1 Å². The molecule has 1 N–H and O–H groups in total. The van der Waals surface area contributed by atoms with Gasteiger partial charge in [-0.2, -0.15) is 5.10 Å². The molecule has 2 aromatic carbocycles. The summed E-state index contributed by atoms with van der Waals surface area (Å²) >= 11 is 1.19. The molecule has 232 valence electrons. The molecule has 3 aromatic heterocycles. The Labute approximate surface area is 260 Å². The van der Waals surface area contributed by atoms with Gasteiger partial charge in [0.25, 0.3) is 10.0 Å². The smallest absolute Gasteiger partial charge is 0.344 e. The molecule has 0 radical (unpaired) electrons. The van der Waals surface area contributed by atoms with Crippen LogP contribution >= 0.6 is 11.3 Å². The van der Waals surface area contributed by atoms with Gasteiger partial charge >= 0.3 is 5.69 Å². The van der Waals surface area contributed by atoms with Crippen molar-refractivity contribution in [3.05, 3.63) is 104 Å². The van der Waals surface area contributed by atoms with Crippen molar-refractivity contribution in [3.63, 3.8) is 0 Å². The number of nitrogens with one attached hydrogen (secondary N) is 1. The zero-order valence-corrected chi connectivity index (χ0v) is 27.1. The standard InChI is InChI=1S/C31H35N5O6S2/c1-19-16-25(28(24-10-8-7-9-11-24)36-23(5)32-33-31(36)37)12-13-26(19)27-17-20(2)43-30(27)44(38,39)35(18-41-15-14-40-6)29-21(3)22(4)42-34-29/h7-13,16-17,28H,14-15,18H2,1-6H3,(H,33,37). The Morgan fingerprint density at radius 1 is 1.00 bits per heavy atom. The lowest BCUT2D eigenvalue weighted by Gasteiger charge is -2.23. The third-order valence-electron chi connectivity index (χ3n) is 7.47. The van der Waals surface area contributed by atoms with Crippen molar-refractivity contribution >= 4 is 27.2 Å². The summed E-state index contributed by atoms with van der Waals surface area (Å²) in [5.74, 6) is 1.25. The van der Waals surface area contributed by atoms with Crippen molar-refractivity contribution in [1.82, 2.24) is 19.9 Å². The molecule has 0 aliphatic carbocycles. The molecule has 11 nitrogen and oxygen atoms in total. The van der Waals surface area contributed by atoms with Gasteiger partial charge in [0.15, 0.2) is 5.82 Å². The summed E-state index contributed by atoms with van der Waals surface area (Å²) in [4.78, 5) is 13.7. The normalized spacial score (nSPS) is 12.5. The predicted molar refractivity (Wildman–Crippen MR) is 169 cm³/mol. The van der Waals surface area contributed by atoms with Crippen molar-refractivity contribution in [1.29, 1.82) is 0 Å². The van der Waals surface area contributed by atoms with Crippen molar-refractivity contribution < 1.29 is 22.4 Å². The largest absolute Gasteiger partial charge is 0.382 e. The minimum absolute atomic E-state index is 0.169. The van der Waals surface area contributed by atoms with E-state index in [-0.39, 0.29) is 29.1 Å². The first-order valence-electron chi connectivity index (χ1n) is 14.0. The van der Waals surface area contributed by atoms with Gasteiger partial charge in [-0.05, 0) is 62.9 Å². The van der Waals surface area contributed by atoms with Gasteiger partial charge in [0, 0.05) is 23.1 Å². The number of sulfonamides is 1. The Kier molecular flexibility index (Phi) is 9.20. The second-order valence-corrected chi connectivity index (χ2v) is 13.8. The lowest BCUT2D eigenvalue weighted by molar-refractivity contribution is 0.0753. The molecular formula is C31H35N5O6S2. The lowest BCUT2D eigenvalue weighted by atomic mass is 9.93. The van der Waals surface area contributed by atoms with E-state index in [0.29, 0.717) is 29.3 Å². The van der Waals surface area contributed by atoms with Crippen LogP contribution in [-0.4, -0.2) is 55.4 Å². The lowest BCUT2D eigenvalue weighted by Crippen LogP contribution is -2.34. The zero-order valence-electron chi connectivity index (χ0n) is 25.4. The highest BCUT2D eigenvalue weighted by Gasteiger charge is 2.34. The molecule has 1 unspecified atom stereocenters. The Bertz CT molecular complexity index is 1920. The number of aromatic amines is 1. The molecule has 3 heterocycles. The minimum Gasteiger partial charge on any atom is -0.382 e. The van der Waals surface area contributed by atoms with Crippen LogP contribution < -0.4 is 9.99 Å². The number of hydrogen-bond acceptors (Lipinski definition) is 9. The average Bonchev–Trinajstić information content (AvgIpc) is 3.66.